The van der Waals surface area contributed by atoms with E-state index in [2.05, 4.69) is 0 Å². The molecule has 0 aliphatic heterocycles. The van der Waals surface area contributed by atoms with Gasteiger partial charge in [-0.05, 0) is 0 Å². The van der Waals surface area contributed by atoms with Gasteiger partial charge in [0.1, 0.15) is 0 Å². The van der Waals surface area contributed by atoms with Gasteiger partial charge in [0.2, 0.25) is 0 Å². The molecule has 4 N–H and O–H groups in total. The molecular weight excluding hydrogens is 256 g/mol. The average molecular weight is 269 g/mol. The predicted octanol–water partition coefficient (Wildman–Crippen LogP) is 2.78. The van der Waals surface area contributed by atoms with Gasteiger partial charge in [-0.3, -0.25) is 0 Å². The zero-order valence-corrected chi connectivity index (χ0v) is 6.88. The summed E-state index contributed by atoms with van der Waals surface area (Å²) >= 11 is 0. The zero-order valence-electron chi connectivity index (χ0n) is 4.49. The summed E-state index contributed by atoms with van der Waals surface area (Å²) in [6.45, 7) is 0. The topological polar surface area (TPSA) is 67.0 Å². The van der Waals surface area contributed by atoms with Crippen LogP contribution in [0.15, 0.2) is 0 Å². The summed E-state index contributed by atoms with van der Waals surface area (Å²) in [5.74, 6) is 0. The van der Waals surface area contributed by atoms with E-state index in [1.807, 2.05) is 0 Å². The van der Waals surface area contributed by atoms with Crippen molar-refractivity contribution in [1.82, 2.24) is 0 Å². The molecule has 0 aliphatic rings. The second-order valence-corrected chi connectivity index (χ2v) is 0. The first-order valence-corrected chi connectivity index (χ1v) is 0. The van der Waals surface area contributed by atoms with Crippen molar-refractivity contribution in [2.24, 2.45) is 0 Å². The molecule has 0 aliphatic carbocycles. The first kappa shape index (κ1) is 629. The van der Waals surface area contributed by atoms with E-state index in [0.717, 1.165) is 0 Å². The third-order valence-electron chi connectivity index (χ3n) is 0. The SMILES string of the molecule is [CH3-].[CH3-].[CH3-].[Ir].[NH2-].[NH2-]. The molecule has 49 valence electrons. The standard InChI is InChI=1S/3CH3.Ir.2H2N/h3*1H3;;2*1H2/q3*-1;;2*-1. The van der Waals surface area contributed by atoms with Crippen LogP contribution in [0.4, 0.5) is 0 Å². The Morgan fingerprint density at radius 3 is 0.500 bits per heavy atom. The summed E-state index contributed by atoms with van der Waals surface area (Å²) in [6, 6.07) is 0. The van der Waals surface area contributed by atoms with Crippen molar-refractivity contribution in [2.75, 3.05) is 0 Å². The summed E-state index contributed by atoms with van der Waals surface area (Å²) in [6.07, 6.45) is 0. The molecule has 6 heavy (non-hydrogen) atoms. The van der Waals surface area contributed by atoms with Crippen LogP contribution in [0.3, 0.4) is 0 Å². The van der Waals surface area contributed by atoms with Crippen LogP contribution in [0.1, 0.15) is 0 Å². The molecule has 3 heteroatoms. The Bertz CT molecular complexity index is 8.75. The molecule has 0 saturated heterocycles. The maximum Gasteiger partial charge on any atom is 0 e. The predicted molar refractivity (Wildman–Crippen MR) is 29.8 cm³/mol. The molecule has 0 aromatic rings. The van der Waals surface area contributed by atoms with Gasteiger partial charge in [-0.2, -0.15) is 0 Å². The second kappa shape index (κ2) is 359. The normalized spacial score (nSPS) is 0. The molecule has 0 heterocycles. The number of hydrogen-bond acceptors (Lipinski definition) is 0. The Kier molecular flexibility index (Phi) is 37600. The quantitative estimate of drug-likeness (QED) is 0.607. The van der Waals surface area contributed by atoms with Crippen LogP contribution in [-0.2, 0) is 20.1 Å². The smallest absolute Gasteiger partial charge is 0 e. The van der Waals surface area contributed by atoms with Crippen molar-refractivity contribution in [3.8, 4) is 0 Å². The molecule has 0 bridgehead atoms. The monoisotopic (exact) mass is 270 g/mol. The molecule has 0 saturated carbocycles. The van der Waals surface area contributed by atoms with E-state index in [1.54, 1.807) is 0 Å². The molecule has 0 spiro atoms. The van der Waals surface area contributed by atoms with Crippen LogP contribution in [0.5, 0.6) is 0 Å². The first-order chi connectivity index (χ1) is 0. The van der Waals surface area contributed by atoms with Crippen molar-refractivity contribution in [3.05, 3.63) is 34.6 Å². The average Bonchev–Trinajstić information content (AvgIpc) is 0. The van der Waals surface area contributed by atoms with E-state index in [-0.39, 0.29) is 54.7 Å². The van der Waals surface area contributed by atoms with Gasteiger partial charge in [-0.25, -0.2) is 0 Å². The Hall–Kier alpha value is 0.569. The maximum absolute atomic E-state index is 0. The molecule has 0 fully saturated rings. The fraction of sp³-hybridized carbons (Fsp3) is 0. The molecule has 2 nitrogen and oxygen atoms in total. The molecule has 0 amide bonds. The van der Waals surface area contributed by atoms with E-state index >= 15 is 0 Å². The van der Waals surface area contributed by atoms with Crippen LogP contribution in [0, 0.1) is 22.3 Å². The van der Waals surface area contributed by atoms with Gasteiger partial charge in [0.05, 0.1) is 0 Å². The molecule has 0 aromatic heterocycles. The minimum Gasteiger partial charge on any atom is -0.693 e. The number of hydrogen-bond donors (Lipinski definition) is 0. The van der Waals surface area contributed by atoms with Crippen LogP contribution in [-0.4, -0.2) is 0 Å². The summed E-state index contributed by atoms with van der Waals surface area (Å²) < 4.78 is 0. The van der Waals surface area contributed by atoms with E-state index in [9.17, 15) is 0 Å². The van der Waals surface area contributed by atoms with E-state index in [1.165, 1.54) is 0 Å². The Balaban J connectivity index is 0. The minimum atomic E-state index is 0. The van der Waals surface area contributed by atoms with Crippen LogP contribution < -0.4 is 0 Å². The molecule has 1 radical (unpaired) electrons. The van der Waals surface area contributed by atoms with Gasteiger partial charge in [0.25, 0.3) is 0 Å². The van der Waals surface area contributed by atoms with Crippen molar-refractivity contribution in [1.29, 1.82) is 0 Å². The van der Waals surface area contributed by atoms with Crippen molar-refractivity contribution in [2.45, 2.75) is 0 Å². The van der Waals surface area contributed by atoms with Gasteiger partial charge in [-0.1, -0.05) is 0 Å². The summed E-state index contributed by atoms with van der Waals surface area (Å²) in [4.78, 5) is 0. The third-order valence-corrected chi connectivity index (χ3v) is 0. The van der Waals surface area contributed by atoms with Gasteiger partial charge < -0.3 is 34.6 Å². The largest absolute Gasteiger partial charge is 0.693 e. The van der Waals surface area contributed by atoms with Crippen LogP contribution >= 0.6 is 0 Å². The van der Waals surface area contributed by atoms with Crippen molar-refractivity contribution >= 4 is 0 Å². The van der Waals surface area contributed by atoms with E-state index in [0.29, 0.717) is 0 Å². The first-order valence-electron chi connectivity index (χ1n) is 0. The van der Waals surface area contributed by atoms with Crippen LogP contribution in [0.2, 0.25) is 0 Å². The number of rotatable bonds is 0. The molecular formula is C3H13IrN2-5. The van der Waals surface area contributed by atoms with Crippen LogP contribution in [0.25, 0.3) is 12.3 Å². The molecule has 0 aromatic carbocycles. The van der Waals surface area contributed by atoms with Crippen molar-refractivity contribution < 1.29 is 20.1 Å². The third kappa shape index (κ3) is 180. The summed E-state index contributed by atoms with van der Waals surface area (Å²) in [7, 11) is 0. The Labute approximate surface area is 55.2 Å². The summed E-state index contributed by atoms with van der Waals surface area (Å²) in [5, 5.41) is 0. The van der Waals surface area contributed by atoms with E-state index in [4.69, 9.17) is 0 Å². The molecule has 0 atom stereocenters. The van der Waals surface area contributed by atoms with Crippen molar-refractivity contribution in [3.63, 3.8) is 0 Å². The Morgan fingerprint density at radius 2 is 0.500 bits per heavy atom. The maximum atomic E-state index is 0. The minimum absolute atomic E-state index is 0. The second-order valence-electron chi connectivity index (χ2n) is 0. The fourth-order valence-corrected chi connectivity index (χ4v) is 0. The Morgan fingerprint density at radius 1 is 0.500 bits per heavy atom. The van der Waals surface area contributed by atoms with Gasteiger partial charge >= 0.3 is 0 Å². The molecule has 0 unspecified atom stereocenters. The van der Waals surface area contributed by atoms with E-state index < -0.39 is 0 Å². The number of nitrogens with two attached hydrogens (primary N) is 2. The van der Waals surface area contributed by atoms with Gasteiger partial charge in [-0.15, -0.1) is 0 Å². The van der Waals surface area contributed by atoms with Gasteiger partial charge in [0, 0.05) is 20.1 Å². The fourth-order valence-electron chi connectivity index (χ4n) is 0. The van der Waals surface area contributed by atoms with Gasteiger partial charge in [0.15, 0.2) is 0 Å². The summed E-state index contributed by atoms with van der Waals surface area (Å²) in [5.41, 5.74) is 0. The zero-order chi connectivity index (χ0) is 0. The molecule has 0 rings (SSSR count).